The fourth-order valence-corrected chi connectivity index (χ4v) is 3.30. The molecule has 1 saturated heterocycles. The van der Waals surface area contributed by atoms with Crippen LogP contribution in [0, 0.1) is 5.92 Å². The molecular formula is C15H27N3O3. The van der Waals surface area contributed by atoms with Gasteiger partial charge in [-0.25, -0.2) is 4.79 Å². The smallest absolute Gasteiger partial charge is 0.317 e. The molecule has 2 N–H and O–H groups in total. The summed E-state index contributed by atoms with van der Waals surface area (Å²) in [6, 6.07) is 0.670. The summed E-state index contributed by atoms with van der Waals surface area (Å²) >= 11 is 0. The van der Waals surface area contributed by atoms with Crippen LogP contribution in [0.25, 0.3) is 0 Å². The largest absolute Gasteiger partial charge is 0.481 e. The van der Waals surface area contributed by atoms with Gasteiger partial charge >= 0.3 is 12.0 Å². The summed E-state index contributed by atoms with van der Waals surface area (Å²) in [5, 5.41) is 11.5. The quantitative estimate of drug-likeness (QED) is 0.804. The van der Waals surface area contributed by atoms with E-state index in [1.165, 1.54) is 25.7 Å². The van der Waals surface area contributed by atoms with Crippen molar-refractivity contribution in [2.45, 2.75) is 45.1 Å². The molecule has 1 aliphatic heterocycles. The lowest BCUT2D eigenvalue weighted by Gasteiger charge is -2.38. The van der Waals surface area contributed by atoms with Gasteiger partial charge in [0, 0.05) is 45.2 Å². The highest BCUT2D eigenvalue weighted by molar-refractivity contribution is 5.74. The molecule has 1 atom stereocenters. The summed E-state index contributed by atoms with van der Waals surface area (Å²) < 4.78 is 0. The number of aliphatic carboxylic acids is 1. The van der Waals surface area contributed by atoms with Crippen LogP contribution >= 0.6 is 0 Å². The van der Waals surface area contributed by atoms with Gasteiger partial charge in [0.1, 0.15) is 0 Å². The van der Waals surface area contributed by atoms with Crippen LogP contribution in [0.5, 0.6) is 0 Å². The molecule has 2 fully saturated rings. The van der Waals surface area contributed by atoms with Crippen LogP contribution < -0.4 is 5.32 Å². The highest BCUT2D eigenvalue weighted by Gasteiger charge is 2.27. The Morgan fingerprint density at radius 2 is 1.81 bits per heavy atom. The zero-order valence-electron chi connectivity index (χ0n) is 12.9. The second-order valence-electron chi connectivity index (χ2n) is 6.35. The number of carbonyl (C=O) groups is 2. The predicted molar refractivity (Wildman–Crippen MR) is 80.2 cm³/mol. The Balaban J connectivity index is 1.66. The van der Waals surface area contributed by atoms with Crippen LogP contribution in [0.1, 0.15) is 39.0 Å². The summed E-state index contributed by atoms with van der Waals surface area (Å²) in [6.45, 7) is 5.73. The van der Waals surface area contributed by atoms with Crippen LogP contribution in [-0.4, -0.2) is 65.7 Å². The van der Waals surface area contributed by atoms with E-state index in [1.54, 1.807) is 0 Å². The van der Waals surface area contributed by atoms with Gasteiger partial charge in [-0.2, -0.15) is 0 Å². The van der Waals surface area contributed by atoms with Gasteiger partial charge in [-0.3, -0.25) is 9.69 Å². The minimum Gasteiger partial charge on any atom is -0.481 e. The molecule has 0 aromatic carbocycles. The van der Waals surface area contributed by atoms with Crippen molar-refractivity contribution in [2.24, 2.45) is 5.92 Å². The molecule has 2 rings (SSSR count). The molecule has 6 nitrogen and oxygen atoms in total. The number of carboxylic acid groups (broad SMARTS) is 1. The second-order valence-corrected chi connectivity index (χ2v) is 6.35. The maximum Gasteiger partial charge on any atom is 0.317 e. The van der Waals surface area contributed by atoms with Crippen LogP contribution in [-0.2, 0) is 4.79 Å². The molecule has 1 aliphatic carbocycles. The number of urea groups is 1. The first-order valence-corrected chi connectivity index (χ1v) is 8.05. The SMILES string of the molecule is CC(CNC(=O)N1CCN(C2CCCC2)CC1)CC(=O)O. The highest BCUT2D eigenvalue weighted by atomic mass is 16.4. The van der Waals surface area contributed by atoms with Crippen molar-refractivity contribution < 1.29 is 14.7 Å². The molecule has 0 aromatic heterocycles. The van der Waals surface area contributed by atoms with Gasteiger partial charge in [0.15, 0.2) is 0 Å². The molecule has 6 heteroatoms. The Bertz CT molecular complexity index is 361. The van der Waals surface area contributed by atoms with E-state index >= 15 is 0 Å². The number of nitrogens with zero attached hydrogens (tertiary/aromatic N) is 2. The summed E-state index contributed by atoms with van der Waals surface area (Å²) in [4.78, 5) is 27.0. The Labute approximate surface area is 126 Å². The van der Waals surface area contributed by atoms with E-state index in [0.717, 1.165) is 32.2 Å². The van der Waals surface area contributed by atoms with Gasteiger partial charge in [0.05, 0.1) is 0 Å². The van der Waals surface area contributed by atoms with Crippen molar-refractivity contribution in [1.82, 2.24) is 15.1 Å². The van der Waals surface area contributed by atoms with Gasteiger partial charge < -0.3 is 15.3 Å². The molecule has 21 heavy (non-hydrogen) atoms. The van der Waals surface area contributed by atoms with Gasteiger partial charge in [-0.1, -0.05) is 19.8 Å². The Kier molecular flexibility index (Phi) is 5.85. The third-order valence-electron chi connectivity index (χ3n) is 4.57. The molecule has 1 saturated carbocycles. The van der Waals surface area contributed by atoms with Gasteiger partial charge in [-0.05, 0) is 18.8 Å². The third-order valence-corrected chi connectivity index (χ3v) is 4.57. The van der Waals surface area contributed by atoms with E-state index in [9.17, 15) is 9.59 Å². The van der Waals surface area contributed by atoms with Crippen molar-refractivity contribution in [2.75, 3.05) is 32.7 Å². The van der Waals surface area contributed by atoms with Gasteiger partial charge in [0.25, 0.3) is 0 Å². The molecular weight excluding hydrogens is 270 g/mol. The first-order valence-electron chi connectivity index (χ1n) is 8.05. The molecule has 1 unspecified atom stereocenters. The van der Waals surface area contributed by atoms with Gasteiger partial charge in [0.2, 0.25) is 0 Å². The number of piperazine rings is 1. The topological polar surface area (TPSA) is 72.9 Å². The maximum atomic E-state index is 12.1. The van der Waals surface area contributed by atoms with Crippen molar-refractivity contribution in [1.29, 1.82) is 0 Å². The molecule has 0 radical (unpaired) electrons. The summed E-state index contributed by atoms with van der Waals surface area (Å²) in [5.41, 5.74) is 0. The Morgan fingerprint density at radius 1 is 1.19 bits per heavy atom. The number of carbonyl (C=O) groups excluding carboxylic acids is 1. The molecule has 0 aromatic rings. The van der Waals surface area contributed by atoms with Crippen molar-refractivity contribution in [3.8, 4) is 0 Å². The van der Waals surface area contributed by atoms with E-state index in [2.05, 4.69) is 10.2 Å². The van der Waals surface area contributed by atoms with Crippen molar-refractivity contribution >= 4 is 12.0 Å². The van der Waals surface area contributed by atoms with Gasteiger partial charge in [-0.15, -0.1) is 0 Å². The van der Waals surface area contributed by atoms with E-state index < -0.39 is 5.97 Å². The third kappa shape index (κ3) is 4.88. The molecule has 2 aliphatic rings. The van der Waals surface area contributed by atoms with Crippen LogP contribution in [0.3, 0.4) is 0 Å². The lowest BCUT2D eigenvalue weighted by Crippen LogP contribution is -2.54. The Hall–Kier alpha value is -1.30. The lowest BCUT2D eigenvalue weighted by molar-refractivity contribution is -0.137. The van der Waals surface area contributed by atoms with Crippen LogP contribution in [0.2, 0.25) is 0 Å². The standard InChI is InChI=1S/C15H27N3O3/c1-12(10-14(19)20)11-16-15(21)18-8-6-17(7-9-18)13-4-2-3-5-13/h12-13H,2-11H2,1H3,(H,16,21)(H,19,20). The summed E-state index contributed by atoms with van der Waals surface area (Å²) in [5.74, 6) is -0.854. The summed E-state index contributed by atoms with van der Waals surface area (Å²) in [7, 11) is 0. The first kappa shape index (κ1) is 16.1. The van der Waals surface area contributed by atoms with E-state index in [4.69, 9.17) is 5.11 Å². The average Bonchev–Trinajstić information content (AvgIpc) is 2.98. The van der Waals surface area contributed by atoms with E-state index in [1.807, 2.05) is 11.8 Å². The number of hydrogen-bond donors (Lipinski definition) is 2. The average molecular weight is 297 g/mol. The van der Waals surface area contributed by atoms with E-state index in [-0.39, 0.29) is 18.4 Å². The first-order chi connectivity index (χ1) is 10.1. The predicted octanol–water partition coefficient (Wildman–Crippen LogP) is 1.37. The highest BCUT2D eigenvalue weighted by Crippen LogP contribution is 2.24. The zero-order chi connectivity index (χ0) is 15.2. The minimum absolute atomic E-state index is 0.0359. The normalized spacial score (nSPS) is 22.2. The lowest BCUT2D eigenvalue weighted by atomic mass is 10.1. The molecule has 120 valence electrons. The summed E-state index contributed by atoms with van der Waals surface area (Å²) in [6.07, 6.45) is 5.38. The zero-order valence-corrected chi connectivity index (χ0v) is 12.9. The number of hydrogen-bond acceptors (Lipinski definition) is 3. The monoisotopic (exact) mass is 297 g/mol. The fraction of sp³-hybridized carbons (Fsp3) is 0.867. The maximum absolute atomic E-state index is 12.1. The van der Waals surface area contributed by atoms with Crippen LogP contribution in [0.15, 0.2) is 0 Å². The fourth-order valence-electron chi connectivity index (χ4n) is 3.30. The Morgan fingerprint density at radius 3 is 2.38 bits per heavy atom. The molecule has 0 spiro atoms. The number of nitrogens with one attached hydrogen (secondary N) is 1. The molecule has 2 amide bonds. The second kappa shape index (κ2) is 7.64. The van der Waals surface area contributed by atoms with Crippen molar-refractivity contribution in [3.05, 3.63) is 0 Å². The van der Waals surface area contributed by atoms with Crippen molar-refractivity contribution in [3.63, 3.8) is 0 Å². The number of carboxylic acids is 1. The van der Waals surface area contributed by atoms with Crippen LogP contribution in [0.4, 0.5) is 4.79 Å². The molecule has 1 heterocycles. The number of rotatable bonds is 5. The van der Waals surface area contributed by atoms with E-state index in [0.29, 0.717) is 6.54 Å². The molecule has 0 bridgehead atoms. The number of amides is 2. The minimum atomic E-state index is -0.818.